The number of halogens is 1. The predicted molar refractivity (Wildman–Crippen MR) is 54.8 cm³/mol. The van der Waals surface area contributed by atoms with Crippen molar-refractivity contribution in [3.8, 4) is 0 Å². The van der Waals surface area contributed by atoms with E-state index in [9.17, 15) is 4.79 Å². The number of hydrogen-bond acceptors (Lipinski definition) is 3. The number of nitrogens with two attached hydrogens (primary N) is 1. The van der Waals surface area contributed by atoms with Crippen LogP contribution in [-0.2, 0) is 16.0 Å². The summed E-state index contributed by atoms with van der Waals surface area (Å²) in [5.74, 6) is -0.347. The van der Waals surface area contributed by atoms with Crippen LogP contribution in [0, 0.1) is 0 Å². The second kappa shape index (κ2) is 4.96. The van der Waals surface area contributed by atoms with Crippen LogP contribution in [0.2, 0.25) is 0 Å². The second-order valence-corrected chi connectivity index (χ2v) is 7.03. The number of rotatable bonds is 3. The van der Waals surface area contributed by atoms with Gasteiger partial charge < -0.3 is 0 Å². The Morgan fingerprint density at radius 1 is 1.77 bits per heavy atom. The van der Waals surface area contributed by atoms with Crippen LogP contribution in [0.3, 0.4) is 0 Å². The van der Waals surface area contributed by atoms with E-state index in [1.807, 2.05) is 12.1 Å². The monoisotopic (exact) mass is 311 g/mol. The average Bonchev–Trinajstić information content (AvgIpc) is 2.49. The molecule has 0 aliphatic carbocycles. The Hall–Kier alpha value is -0.0905. The summed E-state index contributed by atoms with van der Waals surface area (Å²) in [6.45, 7) is 0. The molecule has 0 saturated heterocycles. The Morgan fingerprint density at radius 2 is 2.46 bits per heavy atom. The molecule has 0 unspecified atom stereocenters. The first-order valence-electron chi connectivity index (χ1n) is 3.71. The van der Waals surface area contributed by atoms with Crippen molar-refractivity contribution in [2.45, 2.75) is 12.5 Å². The molecule has 3 nitrogen and oxygen atoms in total. The number of ether oxygens (including phenoxy) is 1. The molecule has 1 aromatic heterocycles. The number of esters is 1. The number of hydrogen-bond donors (Lipinski definition) is 1. The van der Waals surface area contributed by atoms with Crippen LogP contribution in [-0.4, -0.2) is 33.6 Å². The zero-order valence-electron chi connectivity index (χ0n) is 7.12. The minimum absolute atomic E-state index is 0.311. The van der Waals surface area contributed by atoms with Crippen molar-refractivity contribution in [3.05, 3.63) is 19.9 Å². The van der Waals surface area contributed by atoms with Crippen molar-refractivity contribution in [1.29, 1.82) is 0 Å². The van der Waals surface area contributed by atoms with Gasteiger partial charge in [-0.15, -0.1) is 0 Å². The molecule has 0 aliphatic rings. The van der Waals surface area contributed by atoms with Gasteiger partial charge in [-0.05, 0) is 0 Å². The van der Waals surface area contributed by atoms with Gasteiger partial charge in [0, 0.05) is 0 Å². The van der Waals surface area contributed by atoms with Crippen LogP contribution in [0.5, 0.6) is 0 Å². The molecule has 0 bridgehead atoms. The molecule has 0 aromatic carbocycles. The quantitative estimate of drug-likeness (QED) is 0.655. The van der Waals surface area contributed by atoms with Crippen molar-refractivity contribution in [2.75, 3.05) is 7.11 Å². The molecule has 5 heteroatoms. The molecule has 1 atom stereocenters. The first kappa shape index (κ1) is 11.0. The van der Waals surface area contributed by atoms with Gasteiger partial charge in [0.25, 0.3) is 0 Å². The zero-order valence-corrected chi connectivity index (χ0v) is 10.4. The molecular formula is C8H10BrNO2Se. The van der Waals surface area contributed by atoms with Crippen LogP contribution < -0.4 is 5.73 Å². The van der Waals surface area contributed by atoms with E-state index in [0.717, 1.165) is 0 Å². The van der Waals surface area contributed by atoms with E-state index in [1.165, 1.54) is 14.9 Å². The summed E-state index contributed by atoms with van der Waals surface area (Å²) in [4.78, 5) is 11.0. The number of carbonyl (C=O) groups excluding carboxylic acids is 1. The summed E-state index contributed by atoms with van der Waals surface area (Å²) in [6.07, 6.45) is 0.596. The standard InChI is InChI=1S/C8H10BrNO2Se/c1-12-8(11)6(10)4-5-2-3-7(9)13-5/h2-3,6H,4,10H2,1H3/t6-/m0/s1. The van der Waals surface area contributed by atoms with Crippen LogP contribution in [0.25, 0.3) is 0 Å². The van der Waals surface area contributed by atoms with E-state index in [0.29, 0.717) is 20.9 Å². The molecule has 0 fully saturated rings. The Morgan fingerprint density at radius 3 is 2.92 bits per heavy atom. The van der Waals surface area contributed by atoms with Crippen LogP contribution in [0.15, 0.2) is 15.5 Å². The van der Waals surface area contributed by atoms with Crippen molar-refractivity contribution >= 4 is 36.4 Å². The molecule has 0 amide bonds. The zero-order chi connectivity index (χ0) is 9.84. The fourth-order valence-corrected chi connectivity index (χ4v) is 3.77. The molecule has 72 valence electrons. The summed E-state index contributed by atoms with van der Waals surface area (Å²) >= 11 is 3.71. The number of carbonyl (C=O) groups is 1. The van der Waals surface area contributed by atoms with Crippen LogP contribution >= 0.6 is 15.9 Å². The fourth-order valence-electron chi connectivity index (χ4n) is 0.913. The van der Waals surface area contributed by atoms with E-state index in [4.69, 9.17) is 5.73 Å². The molecule has 0 radical (unpaired) electrons. The molecular weight excluding hydrogens is 301 g/mol. The van der Waals surface area contributed by atoms with Gasteiger partial charge >= 0.3 is 91.2 Å². The van der Waals surface area contributed by atoms with E-state index in [2.05, 4.69) is 20.7 Å². The Balaban J connectivity index is 2.54. The van der Waals surface area contributed by atoms with Crippen molar-refractivity contribution in [1.82, 2.24) is 0 Å². The molecule has 0 spiro atoms. The second-order valence-electron chi connectivity index (χ2n) is 2.54. The first-order chi connectivity index (χ1) is 6.13. The van der Waals surface area contributed by atoms with E-state index in [-0.39, 0.29) is 5.97 Å². The molecule has 1 rings (SSSR count). The van der Waals surface area contributed by atoms with Crippen molar-refractivity contribution in [2.24, 2.45) is 5.73 Å². The fraction of sp³-hybridized carbons (Fsp3) is 0.375. The van der Waals surface area contributed by atoms with E-state index >= 15 is 0 Å². The first-order valence-corrected chi connectivity index (χ1v) is 6.21. The topological polar surface area (TPSA) is 52.3 Å². The molecule has 1 heterocycles. The summed E-state index contributed by atoms with van der Waals surface area (Å²) < 4.78 is 6.94. The van der Waals surface area contributed by atoms with Crippen molar-refractivity contribution in [3.63, 3.8) is 0 Å². The van der Waals surface area contributed by atoms with Gasteiger partial charge in [0.1, 0.15) is 0 Å². The van der Waals surface area contributed by atoms with Gasteiger partial charge in [0.2, 0.25) is 0 Å². The molecule has 13 heavy (non-hydrogen) atoms. The van der Waals surface area contributed by atoms with Crippen molar-refractivity contribution < 1.29 is 9.53 Å². The van der Waals surface area contributed by atoms with Gasteiger partial charge in [0.05, 0.1) is 0 Å². The molecule has 2 N–H and O–H groups in total. The average molecular weight is 311 g/mol. The SMILES string of the molecule is COC(=O)[C@@H](N)Cc1ccc(Br)[se]1. The summed E-state index contributed by atoms with van der Waals surface area (Å²) in [5.41, 5.74) is 5.61. The van der Waals surface area contributed by atoms with E-state index < -0.39 is 6.04 Å². The van der Waals surface area contributed by atoms with Gasteiger partial charge in [-0.3, -0.25) is 0 Å². The molecule has 1 aromatic rings. The molecule has 0 saturated carbocycles. The van der Waals surface area contributed by atoms with E-state index in [1.54, 1.807) is 0 Å². The third-order valence-electron chi connectivity index (χ3n) is 1.55. The molecule has 0 aliphatic heterocycles. The third-order valence-corrected chi connectivity index (χ3v) is 4.54. The maximum atomic E-state index is 11.0. The maximum absolute atomic E-state index is 11.0. The number of methoxy groups -OCH3 is 1. The van der Waals surface area contributed by atoms with Crippen LogP contribution in [0.1, 0.15) is 4.44 Å². The van der Waals surface area contributed by atoms with Gasteiger partial charge in [-0.25, -0.2) is 0 Å². The summed E-state index contributed by atoms with van der Waals surface area (Å²) in [6, 6.07) is 3.48. The Bertz CT molecular complexity index is 300. The van der Waals surface area contributed by atoms with Gasteiger partial charge in [0.15, 0.2) is 0 Å². The minimum atomic E-state index is -0.523. The normalized spacial score (nSPS) is 12.5. The third kappa shape index (κ3) is 3.27. The van der Waals surface area contributed by atoms with Gasteiger partial charge in [-0.2, -0.15) is 0 Å². The Kier molecular flexibility index (Phi) is 4.19. The van der Waals surface area contributed by atoms with Gasteiger partial charge in [-0.1, -0.05) is 0 Å². The Labute approximate surface area is 91.1 Å². The predicted octanol–water partition coefficient (Wildman–Crippen LogP) is 0.549. The summed E-state index contributed by atoms with van der Waals surface area (Å²) in [5, 5.41) is 0. The van der Waals surface area contributed by atoms with Crippen LogP contribution in [0.4, 0.5) is 0 Å². The summed E-state index contributed by atoms with van der Waals surface area (Å²) in [7, 11) is 1.35.